The van der Waals surface area contributed by atoms with Gasteiger partial charge >= 0.3 is 0 Å². The first-order chi connectivity index (χ1) is 8.01. The topological polar surface area (TPSA) is 20.2 Å². The van der Waals surface area contributed by atoms with Crippen LogP contribution >= 0.6 is 15.9 Å². The maximum absolute atomic E-state index is 10.7. The van der Waals surface area contributed by atoms with Crippen molar-refractivity contribution in [3.8, 4) is 0 Å². The first kappa shape index (κ1) is 13.1. The molecule has 0 heterocycles. The molecule has 17 heavy (non-hydrogen) atoms. The Labute approximate surface area is 112 Å². The lowest BCUT2D eigenvalue weighted by Crippen LogP contribution is -2.32. The molecule has 2 rings (SSSR count). The lowest BCUT2D eigenvalue weighted by Gasteiger charge is -2.38. The number of hydrogen-bond acceptors (Lipinski definition) is 1. The fourth-order valence-electron chi connectivity index (χ4n) is 2.83. The van der Waals surface area contributed by atoms with Gasteiger partial charge in [-0.2, -0.15) is 0 Å². The summed E-state index contributed by atoms with van der Waals surface area (Å²) >= 11 is 3.43. The van der Waals surface area contributed by atoms with Crippen molar-refractivity contribution in [3.63, 3.8) is 0 Å². The predicted octanol–water partition coefficient (Wildman–Crippen LogP) is 4.48. The number of hydrogen-bond donors (Lipinski definition) is 1. The maximum Gasteiger partial charge on any atom is 0.0896 e. The zero-order valence-corrected chi connectivity index (χ0v) is 12.2. The third kappa shape index (κ3) is 2.92. The summed E-state index contributed by atoms with van der Waals surface area (Å²) in [5.41, 5.74) is 0.481. The van der Waals surface area contributed by atoms with Crippen LogP contribution in [-0.4, -0.2) is 5.11 Å². The summed E-state index contributed by atoms with van der Waals surface area (Å²) in [4.78, 5) is 0. The molecule has 1 N–H and O–H groups in total. The average molecular weight is 297 g/mol. The molecule has 1 aliphatic rings. The molecule has 1 fully saturated rings. The summed E-state index contributed by atoms with van der Waals surface area (Å²) in [6.45, 7) is 4.57. The van der Waals surface area contributed by atoms with Gasteiger partial charge in [-0.1, -0.05) is 41.9 Å². The van der Waals surface area contributed by atoms with Gasteiger partial charge in [0, 0.05) is 4.47 Å². The minimum Gasteiger partial charge on any atom is -0.385 e. The Morgan fingerprint density at radius 1 is 1.18 bits per heavy atom. The molecule has 0 aliphatic heterocycles. The summed E-state index contributed by atoms with van der Waals surface area (Å²) in [5, 5.41) is 10.7. The Morgan fingerprint density at radius 3 is 2.18 bits per heavy atom. The van der Waals surface area contributed by atoms with Crippen molar-refractivity contribution in [2.45, 2.75) is 45.1 Å². The van der Waals surface area contributed by atoms with Crippen LogP contribution in [0.1, 0.15) is 45.1 Å². The van der Waals surface area contributed by atoms with Crippen molar-refractivity contribution in [1.82, 2.24) is 0 Å². The van der Waals surface area contributed by atoms with Crippen LogP contribution in [0, 0.1) is 11.8 Å². The minimum absolute atomic E-state index is 0.591. The molecule has 94 valence electrons. The Morgan fingerprint density at radius 2 is 1.71 bits per heavy atom. The Kier molecular flexibility index (Phi) is 3.94. The first-order valence-corrected chi connectivity index (χ1v) is 7.29. The third-order valence-corrected chi connectivity index (χ3v) is 4.71. The van der Waals surface area contributed by atoms with E-state index in [0.29, 0.717) is 0 Å². The van der Waals surface area contributed by atoms with Crippen LogP contribution in [0.15, 0.2) is 28.7 Å². The third-order valence-electron chi connectivity index (χ3n) is 4.18. The predicted molar refractivity (Wildman–Crippen MR) is 74.8 cm³/mol. The van der Waals surface area contributed by atoms with E-state index in [-0.39, 0.29) is 0 Å². The van der Waals surface area contributed by atoms with E-state index in [1.54, 1.807) is 0 Å². The highest BCUT2D eigenvalue weighted by molar-refractivity contribution is 9.10. The first-order valence-electron chi connectivity index (χ1n) is 6.50. The summed E-state index contributed by atoms with van der Waals surface area (Å²) in [7, 11) is 0. The van der Waals surface area contributed by atoms with E-state index in [2.05, 4.69) is 29.8 Å². The van der Waals surface area contributed by atoms with Crippen LogP contribution < -0.4 is 0 Å². The normalized spacial score (nSPS) is 29.6. The molecule has 1 nitrogen and oxygen atoms in total. The summed E-state index contributed by atoms with van der Waals surface area (Å²) in [6, 6.07) is 8.11. The highest BCUT2D eigenvalue weighted by Crippen LogP contribution is 2.41. The Bertz CT molecular complexity index is 361. The van der Waals surface area contributed by atoms with Crippen LogP contribution in [0.2, 0.25) is 0 Å². The van der Waals surface area contributed by atoms with Crippen LogP contribution in [-0.2, 0) is 5.60 Å². The van der Waals surface area contributed by atoms with Crippen LogP contribution in [0.25, 0.3) is 0 Å². The molecule has 2 heteroatoms. The molecule has 1 aromatic rings. The van der Waals surface area contributed by atoms with E-state index < -0.39 is 5.60 Å². The van der Waals surface area contributed by atoms with Crippen molar-refractivity contribution in [1.29, 1.82) is 0 Å². The van der Waals surface area contributed by atoms with E-state index in [1.807, 2.05) is 24.3 Å². The quantitative estimate of drug-likeness (QED) is 0.853. The van der Waals surface area contributed by atoms with Crippen molar-refractivity contribution < 1.29 is 5.11 Å². The van der Waals surface area contributed by atoms with Gasteiger partial charge in [0.1, 0.15) is 0 Å². The van der Waals surface area contributed by atoms with Gasteiger partial charge in [0.25, 0.3) is 0 Å². The summed E-state index contributed by atoms with van der Waals surface area (Å²) < 4.78 is 1.07. The van der Waals surface area contributed by atoms with Gasteiger partial charge in [-0.25, -0.2) is 0 Å². The molecule has 0 saturated heterocycles. The van der Waals surface area contributed by atoms with E-state index in [0.717, 1.165) is 47.6 Å². The van der Waals surface area contributed by atoms with Gasteiger partial charge in [0.15, 0.2) is 0 Å². The lowest BCUT2D eigenvalue weighted by atomic mass is 9.72. The van der Waals surface area contributed by atoms with Gasteiger partial charge in [0.2, 0.25) is 0 Å². The summed E-state index contributed by atoms with van der Waals surface area (Å²) in [5.74, 6) is 1.52. The molecule has 0 unspecified atom stereocenters. The van der Waals surface area contributed by atoms with Gasteiger partial charge in [-0.15, -0.1) is 0 Å². The van der Waals surface area contributed by atoms with Crippen LogP contribution in [0.3, 0.4) is 0 Å². The minimum atomic E-state index is -0.591. The summed E-state index contributed by atoms with van der Waals surface area (Å²) in [6.07, 6.45) is 4.09. The number of benzene rings is 1. The molecule has 0 bridgehead atoms. The molecule has 0 spiro atoms. The largest absolute Gasteiger partial charge is 0.385 e. The van der Waals surface area contributed by atoms with Crippen LogP contribution in [0.5, 0.6) is 0 Å². The van der Waals surface area contributed by atoms with Crippen molar-refractivity contribution in [2.24, 2.45) is 11.8 Å². The molecule has 1 aliphatic carbocycles. The zero-order valence-electron chi connectivity index (χ0n) is 10.6. The molecule has 1 saturated carbocycles. The second-order valence-electron chi connectivity index (χ2n) is 5.62. The van der Waals surface area contributed by atoms with E-state index in [4.69, 9.17) is 0 Å². The number of rotatable bonds is 2. The SMILES string of the molecule is CC(C)C1CCC(O)(c2ccc(Br)cc2)CC1. The molecule has 0 atom stereocenters. The van der Waals surface area contributed by atoms with Crippen molar-refractivity contribution >= 4 is 15.9 Å². The van der Waals surface area contributed by atoms with E-state index >= 15 is 0 Å². The van der Waals surface area contributed by atoms with Gasteiger partial charge in [-0.05, 0) is 55.2 Å². The molecule has 0 aromatic heterocycles. The fraction of sp³-hybridized carbons (Fsp3) is 0.600. The maximum atomic E-state index is 10.7. The highest BCUT2D eigenvalue weighted by atomic mass is 79.9. The second-order valence-corrected chi connectivity index (χ2v) is 6.54. The molecule has 0 amide bonds. The van der Waals surface area contributed by atoms with Crippen LogP contribution in [0.4, 0.5) is 0 Å². The molecule has 1 aromatic carbocycles. The Balaban J connectivity index is 2.09. The standard InChI is InChI=1S/C15H21BrO/c1-11(2)12-7-9-15(17,10-8-12)13-3-5-14(16)6-4-13/h3-6,11-12,17H,7-10H2,1-2H3. The lowest BCUT2D eigenvalue weighted by molar-refractivity contribution is -0.0199. The highest BCUT2D eigenvalue weighted by Gasteiger charge is 2.35. The second kappa shape index (κ2) is 5.11. The smallest absolute Gasteiger partial charge is 0.0896 e. The monoisotopic (exact) mass is 296 g/mol. The molecular formula is C15H21BrO. The van der Waals surface area contributed by atoms with Gasteiger partial charge < -0.3 is 5.11 Å². The molecule has 0 radical (unpaired) electrons. The van der Waals surface area contributed by atoms with E-state index in [9.17, 15) is 5.11 Å². The van der Waals surface area contributed by atoms with Gasteiger partial charge in [0.05, 0.1) is 5.60 Å². The fourth-order valence-corrected chi connectivity index (χ4v) is 3.10. The Hall–Kier alpha value is -0.340. The molecular weight excluding hydrogens is 276 g/mol. The number of aliphatic hydroxyl groups is 1. The van der Waals surface area contributed by atoms with Crippen molar-refractivity contribution in [3.05, 3.63) is 34.3 Å². The average Bonchev–Trinajstić information content (AvgIpc) is 2.30. The van der Waals surface area contributed by atoms with Crippen molar-refractivity contribution in [2.75, 3.05) is 0 Å². The van der Waals surface area contributed by atoms with E-state index in [1.165, 1.54) is 0 Å². The van der Waals surface area contributed by atoms with Gasteiger partial charge in [-0.3, -0.25) is 0 Å². The zero-order chi connectivity index (χ0) is 12.5. The number of halogens is 1.